The number of anilines is 1. The van der Waals surface area contributed by atoms with E-state index in [2.05, 4.69) is 10.3 Å². The van der Waals surface area contributed by atoms with Crippen molar-refractivity contribution in [1.29, 1.82) is 26.5 Å². The van der Waals surface area contributed by atoms with Crippen molar-refractivity contribution in [3.8, 4) is 35.4 Å². The van der Waals surface area contributed by atoms with Gasteiger partial charge in [0.2, 0.25) is 0 Å². The molecule has 0 saturated carbocycles. The molecule has 0 radical (unpaired) electrons. The molecule has 0 spiro atoms. The average molecular weight is 526 g/mol. The van der Waals surface area contributed by atoms with Gasteiger partial charge in [-0.1, -0.05) is 0 Å². The van der Waals surface area contributed by atoms with Gasteiger partial charge >= 0.3 is 0 Å². The molecule has 14 heteroatoms. The Morgan fingerprint density at radius 1 is 0.775 bits per heavy atom. The Morgan fingerprint density at radius 3 is 1.77 bits per heavy atom. The fourth-order valence-corrected chi connectivity index (χ4v) is 4.48. The van der Waals surface area contributed by atoms with Crippen LogP contribution in [0, 0.1) is 71.0 Å². The van der Waals surface area contributed by atoms with E-state index in [1.165, 1.54) is 52.9 Å². The predicted molar refractivity (Wildman–Crippen MR) is 136 cm³/mol. The van der Waals surface area contributed by atoms with Crippen LogP contribution in [-0.2, 0) is 0 Å². The highest BCUT2D eigenvalue weighted by atomic mass is 16.6. The quantitative estimate of drug-likeness (QED) is 0.288. The van der Waals surface area contributed by atoms with Gasteiger partial charge in [0.25, 0.3) is 11.4 Å². The topological polar surface area (TPSA) is 235 Å². The smallest absolute Gasteiger partial charge is 0.269 e. The van der Waals surface area contributed by atoms with Crippen molar-refractivity contribution in [1.82, 2.24) is 9.38 Å². The normalized spacial score (nSPS) is 11.5. The zero-order valence-corrected chi connectivity index (χ0v) is 19.8. The summed E-state index contributed by atoms with van der Waals surface area (Å²) >= 11 is 0. The van der Waals surface area contributed by atoms with Crippen LogP contribution in [0.5, 0.6) is 0 Å². The second kappa shape index (κ2) is 9.20. The molecule has 2 aromatic carbocycles. The molecule has 1 aliphatic rings. The number of nitrogens with one attached hydrogen (secondary N) is 2. The summed E-state index contributed by atoms with van der Waals surface area (Å²) < 4.78 is 1.25. The van der Waals surface area contributed by atoms with E-state index < -0.39 is 15.3 Å². The number of allylic oxidation sites excluding steroid dienone is 1. The SMILES string of the molecule is N#CC1=C(c2ccc([N+](=O)[O-])cc2)Nc2c(C#N)c(-c3ccc([N+](=O)[O-])cc3)c(C#N)c3c(C#N)c(=N)nc1n23. The molecule has 5 rings (SSSR count). The van der Waals surface area contributed by atoms with Crippen LogP contribution in [0.1, 0.15) is 28.1 Å². The average Bonchev–Trinajstić information content (AvgIpc) is 2.96. The van der Waals surface area contributed by atoms with E-state index in [0.29, 0.717) is 5.56 Å². The van der Waals surface area contributed by atoms with Crippen molar-refractivity contribution >= 4 is 34.0 Å². The Labute approximate surface area is 222 Å². The molecule has 0 saturated heterocycles. The van der Waals surface area contributed by atoms with Gasteiger partial charge in [-0.25, -0.2) is 4.98 Å². The molecule has 4 aromatic rings. The van der Waals surface area contributed by atoms with E-state index in [1.54, 1.807) is 0 Å². The summed E-state index contributed by atoms with van der Waals surface area (Å²) in [5.41, 5.74) is -1.01. The molecule has 2 N–H and O–H groups in total. The van der Waals surface area contributed by atoms with Crippen molar-refractivity contribution in [3.63, 3.8) is 0 Å². The van der Waals surface area contributed by atoms with Crippen LogP contribution in [0.15, 0.2) is 48.5 Å². The molecule has 2 aromatic heterocycles. The number of non-ortho nitro benzene ring substituents is 2. The molecule has 0 fully saturated rings. The highest BCUT2D eigenvalue weighted by Crippen LogP contribution is 2.42. The second-order valence-corrected chi connectivity index (χ2v) is 8.25. The van der Waals surface area contributed by atoms with Gasteiger partial charge in [-0.05, 0) is 35.4 Å². The lowest BCUT2D eigenvalue weighted by atomic mass is 9.92. The molecular formula is C26H10N10O4. The Bertz CT molecular complexity index is 2080. The Hall–Kier alpha value is -6.90. The third-order valence-corrected chi connectivity index (χ3v) is 6.22. The van der Waals surface area contributed by atoms with Crippen LogP contribution in [0.25, 0.3) is 27.9 Å². The summed E-state index contributed by atoms with van der Waals surface area (Å²) in [6.07, 6.45) is 0. The first-order chi connectivity index (χ1) is 19.2. The summed E-state index contributed by atoms with van der Waals surface area (Å²) in [4.78, 5) is 25.3. The highest BCUT2D eigenvalue weighted by Gasteiger charge is 2.32. The van der Waals surface area contributed by atoms with Crippen LogP contribution in [-0.4, -0.2) is 19.2 Å². The lowest BCUT2D eigenvalue weighted by molar-refractivity contribution is -0.385. The number of nitriles is 4. The number of hydrogen-bond donors (Lipinski definition) is 2. The number of rotatable bonds is 4. The van der Waals surface area contributed by atoms with Crippen molar-refractivity contribution in [2.45, 2.75) is 0 Å². The van der Waals surface area contributed by atoms with Crippen LogP contribution in [0.3, 0.4) is 0 Å². The van der Waals surface area contributed by atoms with Crippen molar-refractivity contribution in [2.24, 2.45) is 0 Å². The number of pyridine rings is 1. The standard InChI is InChI=1S/C26H10N10O4/c27-9-17-21(13-1-5-15(6-2-13)35(37)38)18(10-28)25-32-22(14-3-7-16(8-4-14)36(39)40)19(11-29)26-33-24(31)20(12-30)23(17)34(25)26/h1-8,31-32H. The summed E-state index contributed by atoms with van der Waals surface area (Å²) in [6.45, 7) is 0. The molecule has 14 nitrogen and oxygen atoms in total. The van der Waals surface area contributed by atoms with E-state index in [0.717, 1.165) is 0 Å². The summed E-state index contributed by atoms with van der Waals surface area (Å²) in [6, 6.07) is 18.2. The van der Waals surface area contributed by atoms with Crippen molar-refractivity contribution < 1.29 is 9.85 Å². The van der Waals surface area contributed by atoms with Gasteiger partial charge in [-0.15, -0.1) is 0 Å². The summed E-state index contributed by atoms with van der Waals surface area (Å²) in [7, 11) is 0. The maximum absolute atomic E-state index is 11.2. The van der Waals surface area contributed by atoms with Crippen LogP contribution in [0.2, 0.25) is 0 Å². The number of nitro benzene ring substituents is 2. The minimum absolute atomic E-state index is 0.0104. The van der Waals surface area contributed by atoms with Crippen LogP contribution in [0.4, 0.5) is 17.2 Å². The maximum atomic E-state index is 11.2. The number of nitro groups is 2. The van der Waals surface area contributed by atoms with Crippen molar-refractivity contribution in [2.75, 3.05) is 5.32 Å². The molecule has 0 atom stereocenters. The van der Waals surface area contributed by atoms with Gasteiger partial charge in [0.1, 0.15) is 46.8 Å². The Morgan fingerprint density at radius 2 is 1.30 bits per heavy atom. The molecule has 40 heavy (non-hydrogen) atoms. The van der Waals surface area contributed by atoms with E-state index >= 15 is 0 Å². The first-order valence-electron chi connectivity index (χ1n) is 11.1. The first-order valence-corrected chi connectivity index (χ1v) is 11.1. The van der Waals surface area contributed by atoms with E-state index in [1.807, 2.05) is 24.3 Å². The second-order valence-electron chi connectivity index (χ2n) is 8.25. The third kappa shape index (κ3) is 3.55. The number of hydrogen-bond acceptors (Lipinski definition) is 11. The van der Waals surface area contributed by atoms with Gasteiger partial charge in [0.15, 0.2) is 11.3 Å². The highest BCUT2D eigenvalue weighted by molar-refractivity contribution is 6.05. The molecule has 0 bridgehead atoms. The van der Waals surface area contributed by atoms with E-state index in [4.69, 9.17) is 5.41 Å². The Kier molecular flexibility index (Phi) is 5.70. The fraction of sp³-hybridized carbons (Fsp3) is 0. The van der Waals surface area contributed by atoms with Crippen molar-refractivity contribution in [3.05, 3.63) is 102 Å². The monoisotopic (exact) mass is 526 g/mol. The minimum Gasteiger partial charge on any atom is -0.338 e. The molecule has 3 heterocycles. The van der Waals surface area contributed by atoms with Crippen LogP contribution >= 0.6 is 0 Å². The molecule has 0 amide bonds. The zero-order chi connectivity index (χ0) is 28.7. The molecule has 188 valence electrons. The summed E-state index contributed by atoms with van der Waals surface area (Å²) in [5.74, 6) is -0.122. The minimum atomic E-state index is -0.607. The first kappa shape index (κ1) is 24.8. The summed E-state index contributed by atoms with van der Waals surface area (Å²) in [5, 5.41) is 74.2. The van der Waals surface area contributed by atoms with Crippen LogP contribution < -0.4 is 10.8 Å². The fourth-order valence-electron chi connectivity index (χ4n) is 4.48. The zero-order valence-electron chi connectivity index (χ0n) is 19.8. The van der Waals surface area contributed by atoms with Gasteiger partial charge in [0, 0.05) is 29.8 Å². The van der Waals surface area contributed by atoms with E-state index in [9.17, 15) is 41.3 Å². The van der Waals surface area contributed by atoms with Gasteiger partial charge < -0.3 is 5.32 Å². The molecular weight excluding hydrogens is 516 g/mol. The lowest BCUT2D eigenvalue weighted by Gasteiger charge is -2.27. The molecule has 1 aliphatic heterocycles. The number of benzene rings is 2. The van der Waals surface area contributed by atoms with Gasteiger partial charge in [-0.2, -0.15) is 21.0 Å². The lowest BCUT2D eigenvalue weighted by Crippen LogP contribution is -2.25. The maximum Gasteiger partial charge on any atom is 0.269 e. The third-order valence-electron chi connectivity index (χ3n) is 6.22. The van der Waals surface area contributed by atoms with Gasteiger partial charge in [-0.3, -0.25) is 30.0 Å². The molecule has 0 unspecified atom stereocenters. The number of aromatic nitrogens is 2. The van der Waals surface area contributed by atoms with Gasteiger partial charge in [0.05, 0.1) is 26.6 Å². The van der Waals surface area contributed by atoms with E-state index in [-0.39, 0.29) is 67.6 Å². The predicted octanol–water partition coefficient (Wildman–Crippen LogP) is 3.73. The largest absolute Gasteiger partial charge is 0.338 e. The Balaban J connectivity index is 1.94. The number of nitrogens with zero attached hydrogens (tertiary/aromatic N) is 8. The molecule has 0 aliphatic carbocycles.